The lowest BCUT2D eigenvalue weighted by atomic mass is 9.44. The van der Waals surface area contributed by atoms with Crippen molar-refractivity contribution in [2.75, 3.05) is 168 Å². The number of alkyl halides is 2. The fourth-order valence-corrected chi connectivity index (χ4v) is 21.0. The zero-order valence-corrected chi connectivity index (χ0v) is 83.9. The third-order valence-corrected chi connectivity index (χ3v) is 28.8. The standard InChI is InChI=1S/C101H145F2N13O26S/c1-8-19-91-141-85-61-74-75-60-77(102)76-59-70(117)33-36-98(76,6)100(75,103)83(119)62-99(74,7)101(85,142-91)84(120)64-139-71-29-27-69(28-30-71)107-96(126)67(5)58-81(118)92(66(3)4)109-97(127)78(23-17-18-37-104-89(124)65-140-82-26-12-10-11-25-80-94(82)111-113-116(80)40-44-134-48-52-138-56-54-135-49-45-131-41-34-87(122)106-39-57-143(128,129)130)108-88(123)35-42-132-46-50-136-53-55-137-51-47-133-43-38-105-86(121)31-32-90(125)114-63-68-20-13-14-21-72(68)95-93(110-112-115(95)9-2)73-22-15-16-24-79(73)114/h13-16,20-22,24,27-30,33,36,59,66-67,74-75,77-78,82-83,85,91-92,110-113,119H,8-12,17-19,23,25-26,31-32,34-35,37-58,60-65H2,1-7H3,(H,104,124)(H,105,121)(H,106,122)(H,107,126)(H,108,123)(H,109,127)(H,128,129,130)/t67-,74+,75+,77+,78-,82?,83+,85-,91?,92+,98+,99+,100+,101-/m1/s1. The maximum absolute atomic E-state index is 18.1. The van der Waals surface area contributed by atoms with E-state index in [0.717, 1.165) is 76.9 Å². The number of nitrogens with one attached hydrogen (secondary N) is 10. The van der Waals surface area contributed by atoms with Crippen LogP contribution in [0.4, 0.5) is 20.2 Å². The van der Waals surface area contributed by atoms with Crippen LogP contribution >= 0.6 is 0 Å². The summed E-state index contributed by atoms with van der Waals surface area (Å²) in [5.41, 5.74) is 13.8. The van der Waals surface area contributed by atoms with Gasteiger partial charge in [-0.1, -0.05) is 102 Å². The molecule has 2 unspecified atom stereocenters. The number of aliphatic hydroxyl groups is 1. The Morgan fingerprint density at radius 2 is 1.29 bits per heavy atom. The van der Waals surface area contributed by atoms with Crippen LogP contribution in [0.15, 0.2) is 108 Å². The van der Waals surface area contributed by atoms with E-state index in [1.807, 2.05) is 59.4 Å². The van der Waals surface area contributed by atoms with Crippen molar-refractivity contribution in [3.63, 3.8) is 0 Å². The first-order valence-electron chi connectivity index (χ1n) is 50.3. The van der Waals surface area contributed by atoms with E-state index in [4.69, 9.17) is 61.4 Å². The van der Waals surface area contributed by atoms with Gasteiger partial charge in [0.1, 0.15) is 37.3 Å². The number of hydrogen-bond acceptors (Lipinski definition) is 31. The van der Waals surface area contributed by atoms with Gasteiger partial charge in [-0.3, -0.25) is 62.5 Å². The second-order valence-corrected chi connectivity index (χ2v) is 39.7. The molecule has 9 aliphatic rings. The van der Waals surface area contributed by atoms with Crippen molar-refractivity contribution in [1.29, 1.82) is 0 Å². The van der Waals surface area contributed by atoms with Crippen LogP contribution in [0.3, 0.4) is 0 Å². The molecule has 12 N–H and O–H groups in total. The molecule has 42 heteroatoms. The molecule has 12 rings (SSSR count). The van der Waals surface area contributed by atoms with E-state index in [1.165, 1.54) is 19.1 Å². The Labute approximate surface area is 834 Å². The van der Waals surface area contributed by atoms with Crippen LogP contribution in [0.1, 0.15) is 181 Å². The maximum atomic E-state index is 18.1. The lowest BCUT2D eigenvalue weighted by Gasteiger charge is -2.63. The highest BCUT2D eigenvalue weighted by Gasteiger charge is 2.80. The summed E-state index contributed by atoms with van der Waals surface area (Å²) in [5, 5.41) is 32.8. The Balaban J connectivity index is 0.563. The average Bonchev–Trinajstić information content (AvgIpc) is 1.52. The number of nitrogens with zero attached hydrogens (tertiary/aromatic N) is 3. The number of carbonyl (C=O) groups excluding carboxylic acids is 10. The first-order valence-corrected chi connectivity index (χ1v) is 51.9. The molecule has 4 fully saturated rings. The molecule has 3 aromatic carbocycles. The Bertz CT molecular complexity index is 5080. The Morgan fingerprint density at radius 1 is 0.657 bits per heavy atom. The summed E-state index contributed by atoms with van der Waals surface area (Å²) in [6.45, 7) is 17.4. The highest BCUT2D eigenvalue weighted by Crippen LogP contribution is 2.72. The largest absolute Gasteiger partial charge is 0.486 e. The SMILES string of the molecule is CCCC1O[C@@H]2C[C@H]3[C@@H]4C[C@H](F)C5=CC(=O)C=C[C@]5(C)[C@@]4(F)[C@@H](O)C[C@]3(C)[C@]2(C(=O)COc2ccc(NC(=O)[C@H](C)CC(=O)[C@@H](NC(=O)[C@@H](CCCCNC(=O)COC3CCCCCC4=C3NNN4CCOCCOCCOCCOCCC(=O)NCCS(=O)(=O)O)NC(=O)CCOCCOCCOCCOCCNC(=O)CCC(=O)N3Cc4ccccc4C4=C(NNN4CC)c4ccccc43)C(C)C)cc2)O1. The quantitative estimate of drug-likeness (QED) is 0.0206. The van der Waals surface area contributed by atoms with E-state index in [1.54, 1.807) is 56.9 Å². The summed E-state index contributed by atoms with van der Waals surface area (Å²) in [6, 6.07) is 19.7. The van der Waals surface area contributed by atoms with Crippen LogP contribution in [0.5, 0.6) is 5.75 Å². The normalized spacial score (nSPS) is 24.3. The van der Waals surface area contributed by atoms with Gasteiger partial charge in [0.25, 0.3) is 10.1 Å². The van der Waals surface area contributed by atoms with Crippen LogP contribution in [-0.2, 0) is 117 Å². The molecule has 3 aromatic rings. The number of anilines is 2. The van der Waals surface area contributed by atoms with Gasteiger partial charge in [0.15, 0.2) is 29.1 Å². The van der Waals surface area contributed by atoms with Crippen LogP contribution in [0.25, 0.3) is 11.4 Å². The number of fused-ring (bicyclic) bond motifs is 11. The van der Waals surface area contributed by atoms with Gasteiger partial charge < -0.3 is 110 Å². The summed E-state index contributed by atoms with van der Waals surface area (Å²) < 4.78 is 136. The molecule has 14 atom stereocenters. The third kappa shape index (κ3) is 29.3. The Morgan fingerprint density at radius 3 is 1.97 bits per heavy atom. The predicted octanol–water partition coefficient (Wildman–Crippen LogP) is 6.71. The minimum Gasteiger partial charge on any atom is -0.486 e. The van der Waals surface area contributed by atoms with Gasteiger partial charge in [0.05, 0.1) is 171 Å². The van der Waals surface area contributed by atoms with Crippen molar-refractivity contribution in [2.24, 2.45) is 34.5 Å². The Kier molecular flexibility index (Phi) is 42.2. The molecule has 1 saturated heterocycles. The molecule has 0 bridgehead atoms. The molecule has 0 spiro atoms. The highest BCUT2D eigenvalue weighted by molar-refractivity contribution is 7.85. The van der Waals surface area contributed by atoms with Crippen molar-refractivity contribution < 1.29 is 132 Å². The number of para-hydroxylation sites is 1. The number of carbonyl (C=O) groups is 10. The van der Waals surface area contributed by atoms with Crippen LogP contribution in [-0.4, -0.2) is 298 Å². The molecule has 39 nitrogen and oxygen atoms in total. The minimum atomic E-state index is -4.16. The summed E-state index contributed by atoms with van der Waals surface area (Å²) in [4.78, 5) is 138. The van der Waals surface area contributed by atoms with E-state index in [-0.39, 0.29) is 186 Å². The molecule has 143 heavy (non-hydrogen) atoms. The van der Waals surface area contributed by atoms with Crippen molar-refractivity contribution in [2.45, 2.75) is 225 Å². The number of unbranched alkanes of at least 4 members (excludes halogenated alkanes) is 1. The molecule has 0 radical (unpaired) electrons. The van der Waals surface area contributed by atoms with E-state index in [2.05, 4.69) is 66.8 Å². The number of amides is 7. The van der Waals surface area contributed by atoms with Crippen LogP contribution in [0.2, 0.25) is 0 Å². The zero-order valence-electron chi connectivity index (χ0n) is 83.1. The van der Waals surface area contributed by atoms with Gasteiger partial charge >= 0.3 is 0 Å². The fourth-order valence-electron chi connectivity index (χ4n) is 20.6. The predicted molar refractivity (Wildman–Crippen MR) is 521 cm³/mol. The number of rotatable bonds is 60. The molecule has 0 aromatic heterocycles. The average molecular weight is 2030 g/mol. The number of benzene rings is 3. The van der Waals surface area contributed by atoms with Crippen molar-refractivity contribution in [1.82, 2.24) is 58.5 Å². The highest BCUT2D eigenvalue weighted by atomic mass is 32.2. The number of hydrazine groups is 4. The minimum absolute atomic E-state index is 0.00260. The summed E-state index contributed by atoms with van der Waals surface area (Å²) >= 11 is 0. The van der Waals surface area contributed by atoms with Gasteiger partial charge in [-0.2, -0.15) is 8.42 Å². The van der Waals surface area contributed by atoms with Crippen LogP contribution in [0, 0.1) is 34.5 Å². The smallest absolute Gasteiger partial charge is 0.266 e. The number of ether oxygens (including phenoxy) is 12. The molecule has 5 aliphatic carbocycles. The monoisotopic (exact) mass is 2030 g/mol. The van der Waals surface area contributed by atoms with Gasteiger partial charge in [-0.25, -0.2) is 8.78 Å². The lowest BCUT2D eigenvalue weighted by molar-refractivity contribution is -0.234. The number of Topliss-reactive ketones (excluding diaryl/α,β-unsaturated/α-hetero) is 2. The van der Waals surface area contributed by atoms with Crippen molar-refractivity contribution >= 4 is 91.6 Å². The van der Waals surface area contributed by atoms with Gasteiger partial charge in [-0.05, 0) is 144 Å². The molecule has 4 heterocycles. The second-order valence-electron chi connectivity index (χ2n) is 38.2. The summed E-state index contributed by atoms with van der Waals surface area (Å²) in [5.74, 6) is -7.70. The van der Waals surface area contributed by atoms with Crippen molar-refractivity contribution in [3.05, 3.63) is 125 Å². The van der Waals surface area contributed by atoms with Gasteiger partial charge in [0, 0.05) is 97.8 Å². The molecule has 4 aliphatic heterocycles. The maximum Gasteiger partial charge on any atom is 0.266 e. The van der Waals surface area contributed by atoms with Gasteiger partial charge in [0.2, 0.25) is 47.1 Å². The molecule has 7 amide bonds. The van der Waals surface area contributed by atoms with E-state index < -0.39 is 152 Å². The Hall–Kier alpha value is -9.87. The first kappa shape index (κ1) is 112. The van der Waals surface area contributed by atoms with Crippen molar-refractivity contribution in [3.8, 4) is 5.75 Å². The van der Waals surface area contributed by atoms with E-state index in [0.29, 0.717) is 90.5 Å². The molecular formula is C101H145F2N13O26S. The molecular weight excluding hydrogens is 1880 g/mol. The summed E-state index contributed by atoms with van der Waals surface area (Å²) in [6.07, 6.45) is 3.79. The fraction of sp³-hybridized carbons (Fsp3) is 0.644. The number of ketones is 3. The van der Waals surface area contributed by atoms with Crippen LogP contribution < -0.4 is 63.5 Å². The summed E-state index contributed by atoms with van der Waals surface area (Å²) in [7, 11) is -4.16. The van der Waals surface area contributed by atoms with E-state index in [9.17, 15) is 61.5 Å². The number of allylic oxidation sites excluding steroid dienone is 5. The second kappa shape index (κ2) is 54.0. The lowest BCUT2D eigenvalue weighted by Crippen LogP contribution is -2.71. The molecule has 790 valence electrons. The topological polar surface area (TPSA) is 486 Å². The van der Waals surface area contributed by atoms with Gasteiger partial charge in [-0.15, -0.1) is 11.1 Å². The number of halogens is 2. The zero-order chi connectivity index (χ0) is 102. The third-order valence-electron chi connectivity index (χ3n) is 28.1. The van der Waals surface area contributed by atoms with E-state index >= 15 is 8.78 Å². The first-order chi connectivity index (χ1) is 68.8. The number of hydrogen-bond donors (Lipinski definition) is 12. The number of aliphatic hydroxyl groups excluding tert-OH is 1. The molecule has 3 saturated carbocycles.